The van der Waals surface area contributed by atoms with Gasteiger partial charge in [-0.15, -0.1) is 0 Å². The van der Waals surface area contributed by atoms with Crippen LogP contribution in [0.4, 0.5) is 34.1 Å². The molecule has 13 aromatic carbocycles. The minimum atomic E-state index is -0.842. The molecule has 0 unspecified atom stereocenters. The number of anilines is 6. The second kappa shape index (κ2) is 19.2. The van der Waals surface area contributed by atoms with Gasteiger partial charge in [-0.2, -0.15) is 10.5 Å². The van der Waals surface area contributed by atoms with Crippen LogP contribution in [-0.2, 0) is 16.2 Å². The van der Waals surface area contributed by atoms with Crippen molar-refractivity contribution in [1.82, 2.24) is 4.57 Å². The highest BCUT2D eigenvalue weighted by atomic mass is 16.3. The van der Waals surface area contributed by atoms with Crippen LogP contribution in [-0.4, -0.2) is 4.57 Å². The molecule has 92 heavy (non-hydrogen) atoms. The van der Waals surface area contributed by atoms with E-state index in [9.17, 15) is 10.5 Å². The van der Waals surface area contributed by atoms with E-state index in [4.69, 9.17) is 8.83 Å². The Morgan fingerprint density at radius 3 is 1.33 bits per heavy atom. The molecule has 4 heterocycles. The molecule has 0 fully saturated rings. The molecule has 0 N–H and O–H groups in total. The van der Waals surface area contributed by atoms with Gasteiger partial charge in [-0.3, -0.25) is 0 Å². The Morgan fingerprint density at radius 2 is 0.804 bits per heavy atom. The lowest BCUT2D eigenvalue weighted by molar-refractivity contribution is 0.590. The lowest BCUT2D eigenvalue weighted by atomic mass is 9.65. The molecule has 7 nitrogen and oxygen atoms in total. The van der Waals surface area contributed by atoms with Gasteiger partial charge in [0.05, 0.1) is 44.6 Å². The van der Waals surface area contributed by atoms with Crippen molar-refractivity contribution in [2.75, 3.05) is 9.80 Å². The molecule has 3 aromatic heterocycles. The average Bonchev–Trinajstić information content (AvgIpc) is 1.47. The average molecular weight is 1180 g/mol. The van der Waals surface area contributed by atoms with Crippen LogP contribution in [0.1, 0.15) is 86.1 Å². The number of para-hydroxylation sites is 5. The molecule has 18 rings (SSSR count). The lowest BCUT2D eigenvalue weighted by Crippen LogP contribution is -2.33. The third-order valence-electron chi connectivity index (χ3n) is 19.9. The Morgan fingerprint density at radius 1 is 0.359 bits per heavy atom. The Labute approximate surface area is 532 Å². The van der Waals surface area contributed by atoms with Crippen molar-refractivity contribution in [2.45, 2.75) is 57.8 Å². The van der Waals surface area contributed by atoms with E-state index in [0.29, 0.717) is 33.5 Å². The molecule has 0 saturated carbocycles. The summed E-state index contributed by atoms with van der Waals surface area (Å²) in [5.74, 6) is 0. The zero-order valence-corrected chi connectivity index (χ0v) is 51.7. The van der Waals surface area contributed by atoms with Gasteiger partial charge < -0.3 is 23.2 Å². The molecule has 2 aliphatic rings. The summed E-state index contributed by atoms with van der Waals surface area (Å²) in [6.45, 7) is 13.5. The number of nitrogens with zero attached hydrogens (tertiary/aromatic N) is 5. The summed E-state index contributed by atoms with van der Waals surface area (Å²) in [4.78, 5) is 4.71. The number of hydrogen-bond acceptors (Lipinski definition) is 6. The van der Waals surface area contributed by atoms with Crippen LogP contribution < -0.4 is 9.80 Å². The van der Waals surface area contributed by atoms with Crippen LogP contribution in [0.5, 0.6) is 0 Å². The quantitative estimate of drug-likeness (QED) is 0.165. The van der Waals surface area contributed by atoms with Gasteiger partial charge in [0.2, 0.25) is 0 Å². The fourth-order valence-corrected chi connectivity index (χ4v) is 15.7. The van der Waals surface area contributed by atoms with Crippen molar-refractivity contribution in [3.05, 3.63) is 293 Å². The molecule has 1 aliphatic heterocycles. The van der Waals surface area contributed by atoms with Crippen molar-refractivity contribution in [1.29, 1.82) is 10.5 Å². The van der Waals surface area contributed by atoms with E-state index in [2.05, 4.69) is 286 Å². The summed E-state index contributed by atoms with van der Waals surface area (Å²) in [6, 6.07) is 95.4. The van der Waals surface area contributed by atoms with Crippen LogP contribution in [0.3, 0.4) is 0 Å². The first-order chi connectivity index (χ1) is 44.8. The predicted octanol–water partition coefficient (Wildman–Crippen LogP) is 22.8. The molecule has 16 aromatic rings. The third kappa shape index (κ3) is 7.36. The van der Waals surface area contributed by atoms with Gasteiger partial charge in [-0.1, -0.05) is 205 Å². The van der Waals surface area contributed by atoms with Crippen molar-refractivity contribution in [3.8, 4) is 29.0 Å². The van der Waals surface area contributed by atoms with Crippen molar-refractivity contribution >= 4 is 121 Å². The van der Waals surface area contributed by atoms with Crippen LogP contribution >= 0.6 is 0 Å². The van der Waals surface area contributed by atoms with E-state index < -0.39 is 5.41 Å². The summed E-state index contributed by atoms with van der Waals surface area (Å²) in [5, 5.41) is 31.5. The van der Waals surface area contributed by atoms with E-state index in [1.165, 1.54) is 60.5 Å². The van der Waals surface area contributed by atoms with Crippen molar-refractivity contribution in [2.24, 2.45) is 0 Å². The zero-order valence-electron chi connectivity index (χ0n) is 51.7. The zero-order chi connectivity index (χ0) is 62.1. The number of benzene rings is 13. The first-order valence-corrected chi connectivity index (χ1v) is 31.6. The number of rotatable bonds is 6. The second-order valence-electron chi connectivity index (χ2n) is 27.0. The predicted molar refractivity (Wildman–Crippen MR) is 377 cm³/mol. The first kappa shape index (κ1) is 53.4. The fourth-order valence-electron chi connectivity index (χ4n) is 15.7. The van der Waals surface area contributed by atoms with E-state index in [-0.39, 0.29) is 10.8 Å². The highest BCUT2D eigenvalue weighted by Gasteiger charge is 2.52. The van der Waals surface area contributed by atoms with Gasteiger partial charge in [0, 0.05) is 55.1 Å². The largest absolute Gasteiger partial charge is 0.452 e. The van der Waals surface area contributed by atoms with Crippen LogP contribution in [0.2, 0.25) is 0 Å². The maximum Gasteiger partial charge on any atom is 0.159 e. The van der Waals surface area contributed by atoms with Gasteiger partial charge in [0.15, 0.2) is 22.3 Å². The molecule has 0 atom stereocenters. The highest BCUT2D eigenvalue weighted by molar-refractivity contribution is 6.20. The number of aromatic nitrogens is 1. The Kier molecular flexibility index (Phi) is 11.1. The van der Waals surface area contributed by atoms with Gasteiger partial charge >= 0.3 is 0 Å². The molecule has 0 bridgehead atoms. The molecule has 0 radical (unpaired) electrons. The van der Waals surface area contributed by atoms with E-state index in [1.807, 2.05) is 30.3 Å². The number of fused-ring (bicyclic) bond motifs is 22. The minimum Gasteiger partial charge on any atom is -0.452 e. The van der Waals surface area contributed by atoms with Crippen LogP contribution in [0.25, 0.3) is 104 Å². The summed E-state index contributed by atoms with van der Waals surface area (Å²) >= 11 is 0. The summed E-state index contributed by atoms with van der Waals surface area (Å²) in [7, 11) is 0. The molecular weight excluding hydrogens is 1120 g/mol. The number of nitriles is 2. The summed E-state index contributed by atoms with van der Waals surface area (Å²) < 4.78 is 16.5. The first-order valence-electron chi connectivity index (χ1n) is 31.6. The van der Waals surface area contributed by atoms with Gasteiger partial charge in [0.25, 0.3) is 0 Å². The van der Waals surface area contributed by atoms with Crippen molar-refractivity contribution < 1.29 is 8.83 Å². The molecule has 0 saturated heterocycles. The molecule has 1 spiro atoms. The molecule has 0 amide bonds. The standard InChI is InChI=1S/C85H59N5O2/c1-83(2,3)54-33-37-56(38-34-54)88(74-29-15-25-64-62-23-13-19-52(48-86)79(62)91-81(64)74)58-41-44-72-66(45-58)67-46-59(89(57-39-35-55(36-40-57)84(4,5)6)75-30-16-26-65-63-24-14-20-53(49-87)80(63)92-82(65)75)47-71-78(67)90(72)73-28-12-11-27-68(73)85(71)69-42-31-50-17-7-9-21-60(50)76(69)77-61-22-10-8-18-51(61)32-43-70(77)85/h7-47H,1-6H3. The van der Waals surface area contributed by atoms with Gasteiger partial charge in [-0.05, 0) is 162 Å². The molecular formula is C85H59N5O2. The smallest absolute Gasteiger partial charge is 0.159 e. The maximum atomic E-state index is 10.5. The fraction of sp³-hybridized carbons (Fsp3) is 0.106. The second-order valence-corrected chi connectivity index (χ2v) is 27.0. The normalized spacial score (nSPS) is 13.2. The van der Waals surface area contributed by atoms with Gasteiger partial charge in [0.1, 0.15) is 12.1 Å². The molecule has 1 aliphatic carbocycles. The molecule has 436 valence electrons. The summed E-state index contributed by atoms with van der Waals surface area (Å²) in [5.41, 5.74) is 21.0. The van der Waals surface area contributed by atoms with E-state index >= 15 is 0 Å². The SMILES string of the molecule is CC(C)(C)c1ccc(N(c2ccc3c(c2)c2cc(N(c4ccc(C(C)(C)C)cc4)c4cccc5c4oc4c(C#N)cccc45)cc4c2n3-c2ccccc2C42c3ccc4ccccc4c3-c3c2ccc2ccccc32)c2cccc3c2oc2c(C#N)cccc23)cc1. The Bertz CT molecular complexity index is 5860. The van der Waals surface area contributed by atoms with E-state index in [1.54, 1.807) is 0 Å². The van der Waals surface area contributed by atoms with E-state index in [0.717, 1.165) is 88.7 Å². The number of furan rings is 2. The Hall–Kier alpha value is -11.6. The van der Waals surface area contributed by atoms with Crippen LogP contribution in [0, 0.1) is 22.7 Å². The number of hydrogen-bond donors (Lipinski definition) is 0. The topological polar surface area (TPSA) is 85.3 Å². The Balaban J connectivity index is 1.00. The van der Waals surface area contributed by atoms with Crippen molar-refractivity contribution in [3.63, 3.8) is 0 Å². The molecule has 7 heteroatoms. The van der Waals surface area contributed by atoms with Crippen LogP contribution in [0.15, 0.2) is 258 Å². The maximum absolute atomic E-state index is 10.5. The highest BCUT2D eigenvalue weighted by Crippen LogP contribution is 2.64. The monoisotopic (exact) mass is 1180 g/mol. The third-order valence-corrected chi connectivity index (χ3v) is 19.9. The summed E-state index contributed by atoms with van der Waals surface area (Å²) in [6.07, 6.45) is 0. The minimum absolute atomic E-state index is 0.0789. The van der Waals surface area contributed by atoms with Gasteiger partial charge in [-0.25, -0.2) is 0 Å². The lowest BCUT2D eigenvalue weighted by Gasteiger charge is -2.40.